The number of likely N-dealkylation sites (tertiary alicyclic amines) is 1. The number of ether oxygens (including phenoxy) is 2. The summed E-state index contributed by atoms with van der Waals surface area (Å²) in [5.41, 5.74) is 0.423. The summed E-state index contributed by atoms with van der Waals surface area (Å²) in [4.78, 5) is 31.4. The SMILES string of the molecule is COc1cc2ncn(CCCC(=O)N3CCCC(C)C3)c(=O)c2cc1OC. The number of methoxy groups -OCH3 is 2. The summed E-state index contributed by atoms with van der Waals surface area (Å²) in [6.45, 7) is 4.34. The van der Waals surface area contributed by atoms with Crippen molar-refractivity contribution in [2.75, 3.05) is 27.3 Å². The van der Waals surface area contributed by atoms with Gasteiger partial charge in [-0.2, -0.15) is 0 Å². The second kappa shape index (κ2) is 8.41. The van der Waals surface area contributed by atoms with E-state index in [9.17, 15) is 9.59 Å². The van der Waals surface area contributed by atoms with Gasteiger partial charge in [0.15, 0.2) is 11.5 Å². The van der Waals surface area contributed by atoms with Crippen molar-refractivity contribution in [3.8, 4) is 11.5 Å². The van der Waals surface area contributed by atoms with E-state index in [0.29, 0.717) is 47.7 Å². The molecular weight excluding hydrogens is 346 g/mol. The van der Waals surface area contributed by atoms with Crippen LogP contribution in [0.25, 0.3) is 10.9 Å². The number of fused-ring (bicyclic) bond motifs is 1. The third-order valence-corrected chi connectivity index (χ3v) is 5.13. The van der Waals surface area contributed by atoms with Crippen molar-refractivity contribution in [2.24, 2.45) is 5.92 Å². The maximum Gasteiger partial charge on any atom is 0.261 e. The van der Waals surface area contributed by atoms with E-state index in [0.717, 1.165) is 19.5 Å². The Morgan fingerprint density at radius 1 is 1.26 bits per heavy atom. The molecule has 1 aromatic carbocycles. The predicted molar refractivity (Wildman–Crippen MR) is 103 cm³/mol. The summed E-state index contributed by atoms with van der Waals surface area (Å²) in [6, 6.07) is 3.35. The third kappa shape index (κ3) is 4.23. The molecule has 3 rings (SSSR count). The Balaban J connectivity index is 1.69. The lowest BCUT2D eigenvalue weighted by molar-refractivity contribution is -0.133. The molecule has 2 aromatic rings. The molecule has 2 heterocycles. The summed E-state index contributed by atoms with van der Waals surface area (Å²) in [5, 5.41) is 0.478. The standard InChI is InChI=1S/C20H27N3O4/c1-14-6-4-8-22(12-14)19(24)7-5-9-23-13-21-16-11-18(27-3)17(26-2)10-15(16)20(23)25/h10-11,13-14H,4-9,12H2,1-3H3. The Morgan fingerprint density at radius 3 is 2.70 bits per heavy atom. The van der Waals surface area contributed by atoms with Gasteiger partial charge in [0.25, 0.3) is 5.56 Å². The summed E-state index contributed by atoms with van der Waals surface area (Å²) in [5.74, 6) is 1.78. The van der Waals surface area contributed by atoms with Crippen LogP contribution in [0.4, 0.5) is 0 Å². The highest BCUT2D eigenvalue weighted by atomic mass is 16.5. The van der Waals surface area contributed by atoms with E-state index in [4.69, 9.17) is 9.47 Å². The van der Waals surface area contributed by atoms with Gasteiger partial charge in [-0.3, -0.25) is 14.2 Å². The van der Waals surface area contributed by atoms with Crippen molar-refractivity contribution < 1.29 is 14.3 Å². The molecule has 0 aliphatic carbocycles. The zero-order valence-electron chi connectivity index (χ0n) is 16.2. The molecule has 1 atom stereocenters. The lowest BCUT2D eigenvalue weighted by atomic mass is 10.00. The zero-order chi connectivity index (χ0) is 19.4. The lowest BCUT2D eigenvalue weighted by Gasteiger charge is -2.31. The Labute approximate surface area is 158 Å². The van der Waals surface area contributed by atoms with Gasteiger partial charge in [0.1, 0.15) is 0 Å². The zero-order valence-corrected chi connectivity index (χ0v) is 16.2. The number of hydrogen-bond donors (Lipinski definition) is 0. The van der Waals surface area contributed by atoms with Crippen LogP contribution in [0.15, 0.2) is 23.3 Å². The van der Waals surface area contributed by atoms with Gasteiger partial charge in [-0.25, -0.2) is 4.98 Å². The van der Waals surface area contributed by atoms with Crippen molar-refractivity contribution in [3.05, 3.63) is 28.8 Å². The number of hydrogen-bond acceptors (Lipinski definition) is 5. The largest absolute Gasteiger partial charge is 0.493 e. The molecule has 1 fully saturated rings. The highest BCUT2D eigenvalue weighted by Gasteiger charge is 2.20. The minimum absolute atomic E-state index is 0.139. The van der Waals surface area contributed by atoms with Gasteiger partial charge in [-0.15, -0.1) is 0 Å². The second-order valence-corrected chi connectivity index (χ2v) is 7.16. The van der Waals surface area contributed by atoms with Gasteiger partial charge in [0.05, 0.1) is 31.4 Å². The van der Waals surface area contributed by atoms with Crippen LogP contribution in [0, 0.1) is 5.92 Å². The monoisotopic (exact) mass is 373 g/mol. The highest BCUT2D eigenvalue weighted by Crippen LogP contribution is 2.29. The van der Waals surface area contributed by atoms with Crippen LogP contribution < -0.4 is 15.0 Å². The van der Waals surface area contributed by atoms with Crippen LogP contribution in [0.5, 0.6) is 11.5 Å². The Hall–Kier alpha value is -2.57. The van der Waals surface area contributed by atoms with Gasteiger partial charge in [-0.05, 0) is 31.2 Å². The van der Waals surface area contributed by atoms with Crippen LogP contribution in [-0.4, -0.2) is 47.7 Å². The first-order chi connectivity index (χ1) is 13.0. The predicted octanol–water partition coefficient (Wildman–Crippen LogP) is 2.45. The fraction of sp³-hybridized carbons (Fsp3) is 0.550. The number of aryl methyl sites for hydroxylation is 1. The average molecular weight is 373 g/mol. The third-order valence-electron chi connectivity index (χ3n) is 5.13. The number of piperidine rings is 1. The summed E-state index contributed by atoms with van der Waals surface area (Å²) >= 11 is 0. The molecule has 0 spiro atoms. The minimum Gasteiger partial charge on any atom is -0.493 e. The highest BCUT2D eigenvalue weighted by molar-refractivity contribution is 5.81. The number of aromatic nitrogens is 2. The molecule has 1 unspecified atom stereocenters. The first-order valence-corrected chi connectivity index (χ1v) is 9.42. The number of nitrogens with zero attached hydrogens (tertiary/aromatic N) is 3. The van der Waals surface area contributed by atoms with E-state index in [1.807, 2.05) is 4.90 Å². The quantitative estimate of drug-likeness (QED) is 0.778. The number of carbonyl (C=O) groups excluding carboxylic acids is 1. The molecule has 1 aliphatic heterocycles. The number of amides is 1. The van der Waals surface area contributed by atoms with E-state index in [1.54, 1.807) is 23.8 Å². The smallest absolute Gasteiger partial charge is 0.261 e. The van der Waals surface area contributed by atoms with Crippen LogP contribution in [0.2, 0.25) is 0 Å². The number of carbonyl (C=O) groups is 1. The molecule has 1 amide bonds. The van der Waals surface area contributed by atoms with E-state index in [-0.39, 0.29) is 11.5 Å². The van der Waals surface area contributed by atoms with E-state index in [2.05, 4.69) is 11.9 Å². The molecule has 1 aliphatic rings. The molecule has 0 radical (unpaired) electrons. The van der Waals surface area contributed by atoms with Crippen molar-refractivity contribution in [2.45, 2.75) is 39.2 Å². The van der Waals surface area contributed by atoms with Gasteiger partial charge >= 0.3 is 0 Å². The molecule has 7 nitrogen and oxygen atoms in total. The topological polar surface area (TPSA) is 73.7 Å². The van der Waals surface area contributed by atoms with Crippen LogP contribution in [0.1, 0.15) is 32.6 Å². The average Bonchev–Trinajstić information content (AvgIpc) is 2.68. The van der Waals surface area contributed by atoms with Crippen molar-refractivity contribution in [1.82, 2.24) is 14.5 Å². The molecule has 0 N–H and O–H groups in total. The van der Waals surface area contributed by atoms with Gasteiger partial charge < -0.3 is 14.4 Å². The van der Waals surface area contributed by atoms with Gasteiger partial charge in [-0.1, -0.05) is 6.92 Å². The molecular formula is C20H27N3O4. The molecule has 0 bridgehead atoms. The van der Waals surface area contributed by atoms with Crippen molar-refractivity contribution in [3.63, 3.8) is 0 Å². The fourth-order valence-corrected chi connectivity index (χ4v) is 3.62. The molecule has 1 aromatic heterocycles. The maximum absolute atomic E-state index is 12.7. The van der Waals surface area contributed by atoms with E-state index < -0.39 is 0 Å². The van der Waals surface area contributed by atoms with Crippen LogP contribution >= 0.6 is 0 Å². The normalized spacial score (nSPS) is 17.1. The molecule has 146 valence electrons. The van der Waals surface area contributed by atoms with E-state index >= 15 is 0 Å². The molecule has 7 heteroatoms. The van der Waals surface area contributed by atoms with Crippen molar-refractivity contribution >= 4 is 16.8 Å². The van der Waals surface area contributed by atoms with Gasteiger partial charge in [0.2, 0.25) is 5.91 Å². The first-order valence-electron chi connectivity index (χ1n) is 9.42. The summed E-state index contributed by atoms with van der Waals surface area (Å²) in [6.07, 6.45) is 4.86. The molecule has 27 heavy (non-hydrogen) atoms. The van der Waals surface area contributed by atoms with Crippen molar-refractivity contribution in [1.29, 1.82) is 0 Å². The van der Waals surface area contributed by atoms with Gasteiger partial charge in [0, 0.05) is 32.1 Å². The summed E-state index contributed by atoms with van der Waals surface area (Å²) < 4.78 is 12.1. The first kappa shape index (κ1) is 19.2. The second-order valence-electron chi connectivity index (χ2n) is 7.16. The van der Waals surface area contributed by atoms with E-state index in [1.165, 1.54) is 19.9 Å². The summed E-state index contributed by atoms with van der Waals surface area (Å²) in [7, 11) is 3.08. The lowest BCUT2D eigenvalue weighted by Crippen LogP contribution is -2.39. The maximum atomic E-state index is 12.7. The van der Waals surface area contributed by atoms with Crippen LogP contribution in [0.3, 0.4) is 0 Å². The Bertz CT molecular complexity index is 877. The Morgan fingerprint density at radius 2 is 2.00 bits per heavy atom. The Kier molecular flexibility index (Phi) is 5.98. The molecule has 1 saturated heterocycles. The van der Waals surface area contributed by atoms with Crippen LogP contribution in [-0.2, 0) is 11.3 Å². The fourth-order valence-electron chi connectivity index (χ4n) is 3.62. The molecule has 0 saturated carbocycles. The number of benzene rings is 1. The minimum atomic E-state index is -0.139. The number of rotatable bonds is 6.